The van der Waals surface area contributed by atoms with E-state index in [0.29, 0.717) is 6.10 Å². The highest BCUT2D eigenvalue weighted by Crippen LogP contribution is 2.20. The van der Waals surface area contributed by atoms with Crippen molar-refractivity contribution in [2.75, 3.05) is 39.3 Å². The standard InChI is InChI=1S/C15H23ClN2OS/c16-15-5-4-14(20-15)12-18-8-6-17(7-9-18)11-13-3-1-2-10-19-13/h4-5,13H,1-3,6-12H2/p+2/t13-/m1/s1. The minimum absolute atomic E-state index is 0.524. The van der Waals surface area contributed by atoms with E-state index >= 15 is 0 Å². The van der Waals surface area contributed by atoms with Gasteiger partial charge in [0.2, 0.25) is 0 Å². The van der Waals surface area contributed by atoms with Gasteiger partial charge in [-0.2, -0.15) is 0 Å². The number of halogens is 1. The molecule has 2 aliphatic rings. The minimum Gasteiger partial charge on any atom is -0.372 e. The molecular weight excluding hydrogens is 292 g/mol. The number of piperazine rings is 1. The lowest BCUT2D eigenvalue weighted by molar-refractivity contribution is -1.02. The zero-order valence-electron chi connectivity index (χ0n) is 12.0. The Hall–Kier alpha value is -0.130. The fourth-order valence-electron chi connectivity index (χ4n) is 3.32. The molecule has 0 amide bonds. The second kappa shape index (κ2) is 7.23. The maximum Gasteiger partial charge on any atom is 0.127 e. The van der Waals surface area contributed by atoms with Crippen molar-refractivity contribution >= 4 is 22.9 Å². The molecule has 3 heterocycles. The number of quaternary nitrogens is 2. The summed E-state index contributed by atoms with van der Waals surface area (Å²) in [7, 11) is 0. The van der Waals surface area contributed by atoms with Crippen LogP contribution in [-0.4, -0.2) is 45.4 Å². The van der Waals surface area contributed by atoms with Gasteiger partial charge in [-0.25, -0.2) is 0 Å². The zero-order chi connectivity index (χ0) is 13.8. The van der Waals surface area contributed by atoms with Gasteiger partial charge in [0.05, 0.1) is 9.21 Å². The Kier molecular flexibility index (Phi) is 5.35. The monoisotopic (exact) mass is 316 g/mol. The van der Waals surface area contributed by atoms with E-state index in [1.807, 2.05) is 6.07 Å². The van der Waals surface area contributed by atoms with Gasteiger partial charge in [-0.15, -0.1) is 11.3 Å². The Morgan fingerprint density at radius 2 is 1.95 bits per heavy atom. The largest absolute Gasteiger partial charge is 0.372 e. The van der Waals surface area contributed by atoms with Crippen LogP contribution >= 0.6 is 22.9 Å². The van der Waals surface area contributed by atoms with Gasteiger partial charge < -0.3 is 14.5 Å². The zero-order valence-corrected chi connectivity index (χ0v) is 13.6. The number of ether oxygens (including phenoxy) is 1. The number of hydrogen-bond acceptors (Lipinski definition) is 2. The first kappa shape index (κ1) is 14.8. The van der Waals surface area contributed by atoms with Crippen LogP contribution in [0.25, 0.3) is 0 Å². The van der Waals surface area contributed by atoms with Crippen LogP contribution in [0.2, 0.25) is 4.34 Å². The summed E-state index contributed by atoms with van der Waals surface area (Å²) in [5.41, 5.74) is 0. The SMILES string of the molecule is Clc1ccc(C[NH+]2CC[NH+](C[C@H]3CCCCO3)CC2)s1. The summed E-state index contributed by atoms with van der Waals surface area (Å²) >= 11 is 7.73. The Bertz CT molecular complexity index is 412. The normalized spacial score (nSPS) is 31.4. The molecule has 1 atom stereocenters. The average molecular weight is 317 g/mol. The summed E-state index contributed by atoms with van der Waals surface area (Å²) in [5, 5.41) is 0. The smallest absolute Gasteiger partial charge is 0.127 e. The summed E-state index contributed by atoms with van der Waals surface area (Å²) in [6.07, 6.45) is 4.41. The molecule has 0 spiro atoms. The Labute approximate surface area is 130 Å². The maximum atomic E-state index is 6.00. The van der Waals surface area contributed by atoms with E-state index in [9.17, 15) is 0 Å². The van der Waals surface area contributed by atoms with E-state index in [4.69, 9.17) is 16.3 Å². The molecule has 2 fully saturated rings. The quantitative estimate of drug-likeness (QED) is 0.815. The molecule has 3 nitrogen and oxygen atoms in total. The van der Waals surface area contributed by atoms with Crippen molar-refractivity contribution in [2.45, 2.75) is 31.9 Å². The molecule has 112 valence electrons. The molecule has 0 bridgehead atoms. The number of thiophene rings is 1. The van der Waals surface area contributed by atoms with Crippen LogP contribution in [0.15, 0.2) is 12.1 Å². The van der Waals surface area contributed by atoms with E-state index in [1.165, 1.54) is 56.9 Å². The fourth-order valence-corrected chi connectivity index (χ4v) is 4.48. The first-order chi connectivity index (χ1) is 9.79. The van der Waals surface area contributed by atoms with Crippen molar-refractivity contribution in [3.05, 3.63) is 21.3 Å². The van der Waals surface area contributed by atoms with Crippen LogP contribution in [-0.2, 0) is 11.3 Å². The van der Waals surface area contributed by atoms with Crippen LogP contribution in [0.4, 0.5) is 0 Å². The van der Waals surface area contributed by atoms with Gasteiger partial charge in [-0.05, 0) is 31.4 Å². The Morgan fingerprint density at radius 1 is 1.15 bits per heavy atom. The van der Waals surface area contributed by atoms with Crippen LogP contribution in [0, 0.1) is 0 Å². The molecule has 0 saturated carbocycles. The van der Waals surface area contributed by atoms with E-state index in [0.717, 1.165) is 17.5 Å². The highest BCUT2D eigenvalue weighted by molar-refractivity contribution is 7.16. The van der Waals surface area contributed by atoms with E-state index in [-0.39, 0.29) is 0 Å². The Balaban J connectivity index is 1.40. The second-order valence-corrected chi connectivity index (χ2v) is 7.87. The molecule has 0 unspecified atom stereocenters. The molecule has 0 aliphatic carbocycles. The van der Waals surface area contributed by atoms with Gasteiger partial charge in [0.1, 0.15) is 45.4 Å². The molecular formula is C15H25ClN2OS+2. The number of nitrogens with one attached hydrogen (secondary N) is 2. The molecule has 0 radical (unpaired) electrons. The topological polar surface area (TPSA) is 18.1 Å². The van der Waals surface area contributed by atoms with Gasteiger partial charge in [0.25, 0.3) is 0 Å². The fraction of sp³-hybridized carbons (Fsp3) is 0.733. The molecule has 2 saturated heterocycles. The molecule has 2 N–H and O–H groups in total. The van der Waals surface area contributed by atoms with E-state index < -0.39 is 0 Å². The summed E-state index contributed by atoms with van der Waals surface area (Å²) in [4.78, 5) is 4.87. The molecule has 20 heavy (non-hydrogen) atoms. The number of hydrogen-bond donors (Lipinski definition) is 2. The Morgan fingerprint density at radius 3 is 2.60 bits per heavy atom. The summed E-state index contributed by atoms with van der Waals surface area (Å²) in [6, 6.07) is 4.19. The molecule has 3 rings (SSSR count). The average Bonchev–Trinajstić information content (AvgIpc) is 2.88. The second-order valence-electron chi connectivity index (χ2n) is 6.08. The van der Waals surface area contributed by atoms with Crippen LogP contribution in [0.3, 0.4) is 0 Å². The third-order valence-corrected chi connectivity index (χ3v) is 5.74. The van der Waals surface area contributed by atoms with Crippen molar-refractivity contribution in [3.8, 4) is 0 Å². The number of rotatable bonds is 4. The summed E-state index contributed by atoms with van der Waals surface area (Å²) in [6.45, 7) is 8.47. The van der Waals surface area contributed by atoms with E-state index in [1.54, 1.807) is 21.1 Å². The van der Waals surface area contributed by atoms with Gasteiger partial charge >= 0.3 is 0 Å². The first-order valence-electron chi connectivity index (χ1n) is 7.82. The van der Waals surface area contributed by atoms with Crippen LogP contribution in [0.5, 0.6) is 0 Å². The summed E-state index contributed by atoms with van der Waals surface area (Å²) in [5.74, 6) is 0. The predicted molar refractivity (Wildman–Crippen MR) is 82.9 cm³/mol. The summed E-state index contributed by atoms with van der Waals surface area (Å²) < 4.78 is 6.78. The third-order valence-electron chi connectivity index (χ3n) is 4.51. The lowest BCUT2D eigenvalue weighted by Gasteiger charge is -2.32. The minimum atomic E-state index is 0.524. The highest BCUT2D eigenvalue weighted by Gasteiger charge is 2.27. The molecule has 1 aromatic rings. The van der Waals surface area contributed by atoms with Crippen LogP contribution < -0.4 is 9.80 Å². The molecule has 0 aromatic carbocycles. The van der Waals surface area contributed by atoms with Gasteiger partial charge in [-0.1, -0.05) is 11.6 Å². The van der Waals surface area contributed by atoms with Crippen molar-refractivity contribution < 1.29 is 14.5 Å². The first-order valence-corrected chi connectivity index (χ1v) is 9.02. The van der Waals surface area contributed by atoms with Crippen molar-refractivity contribution in [3.63, 3.8) is 0 Å². The molecule has 2 aliphatic heterocycles. The third kappa shape index (κ3) is 4.18. The van der Waals surface area contributed by atoms with Crippen molar-refractivity contribution in [1.82, 2.24) is 0 Å². The van der Waals surface area contributed by atoms with Gasteiger partial charge in [0.15, 0.2) is 0 Å². The van der Waals surface area contributed by atoms with Crippen molar-refractivity contribution in [2.24, 2.45) is 0 Å². The maximum absolute atomic E-state index is 6.00. The predicted octanol–water partition coefficient (Wildman–Crippen LogP) is 0.254. The van der Waals surface area contributed by atoms with Gasteiger partial charge in [0, 0.05) is 6.61 Å². The van der Waals surface area contributed by atoms with Crippen molar-refractivity contribution in [1.29, 1.82) is 0 Å². The highest BCUT2D eigenvalue weighted by atomic mass is 35.5. The lowest BCUT2D eigenvalue weighted by atomic mass is 10.1. The molecule has 5 heteroatoms. The van der Waals surface area contributed by atoms with Crippen LogP contribution in [0.1, 0.15) is 24.1 Å². The van der Waals surface area contributed by atoms with Gasteiger partial charge in [-0.3, -0.25) is 0 Å². The molecule has 1 aromatic heterocycles. The van der Waals surface area contributed by atoms with E-state index in [2.05, 4.69) is 6.07 Å². The lowest BCUT2D eigenvalue weighted by Crippen LogP contribution is -3.28.